The predicted molar refractivity (Wildman–Crippen MR) is 94.8 cm³/mol. The van der Waals surface area contributed by atoms with Crippen molar-refractivity contribution in [2.75, 3.05) is 7.11 Å². The van der Waals surface area contributed by atoms with E-state index in [9.17, 15) is 14.0 Å². The minimum absolute atomic E-state index is 0.0685. The average Bonchev–Trinajstić information content (AvgIpc) is 3.48. The quantitative estimate of drug-likeness (QED) is 0.749. The van der Waals surface area contributed by atoms with Crippen LogP contribution in [-0.4, -0.2) is 18.9 Å². The topological polar surface area (TPSA) is 67.4 Å². The Bertz CT molecular complexity index is 801. The molecule has 2 aromatic rings. The maximum absolute atomic E-state index is 13.6. The van der Waals surface area contributed by atoms with Gasteiger partial charge >= 0.3 is 0 Å². The van der Waals surface area contributed by atoms with E-state index in [-0.39, 0.29) is 24.2 Å². The third kappa shape index (κ3) is 3.85. The second-order valence-corrected chi connectivity index (χ2v) is 6.39. The minimum Gasteiger partial charge on any atom is -0.497 e. The third-order valence-corrected chi connectivity index (χ3v) is 4.63. The highest BCUT2D eigenvalue weighted by Crippen LogP contribution is 2.46. The summed E-state index contributed by atoms with van der Waals surface area (Å²) in [6, 6.07) is 13.6. The molecule has 0 radical (unpaired) electrons. The number of amides is 2. The van der Waals surface area contributed by atoms with E-state index in [1.807, 2.05) is 24.3 Å². The van der Waals surface area contributed by atoms with Crippen molar-refractivity contribution in [1.82, 2.24) is 10.6 Å². The molecule has 0 unspecified atom stereocenters. The standard InChI is InChI=1S/C20H21FN2O3/c1-26-16-8-6-14(7-9-16)12-22-18(24)20(10-11-20)19(25)23-13-15-4-2-3-5-17(15)21/h2-9H,10-13H2,1H3,(H,22,24)(H,23,25). The van der Waals surface area contributed by atoms with E-state index in [0.29, 0.717) is 24.9 Å². The van der Waals surface area contributed by atoms with Crippen LogP contribution in [0.3, 0.4) is 0 Å². The Labute approximate surface area is 151 Å². The van der Waals surface area contributed by atoms with Gasteiger partial charge < -0.3 is 15.4 Å². The van der Waals surface area contributed by atoms with E-state index < -0.39 is 5.41 Å². The molecule has 3 rings (SSSR count). The maximum atomic E-state index is 13.6. The summed E-state index contributed by atoms with van der Waals surface area (Å²) in [7, 11) is 1.59. The SMILES string of the molecule is COc1ccc(CNC(=O)C2(C(=O)NCc3ccccc3F)CC2)cc1. The van der Waals surface area contributed by atoms with Crippen LogP contribution < -0.4 is 15.4 Å². The van der Waals surface area contributed by atoms with E-state index in [1.165, 1.54) is 6.07 Å². The molecule has 2 N–H and O–H groups in total. The van der Waals surface area contributed by atoms with Crippen LogP contribution in [-0.2, 0) is 22.7 Å². The third-order valence-electron chi connectivity index (χ3n) is 4.63. The van der Waals surface area contributed by atoms with E-state index in [2.05, 4.69) is 10.6 Å². The van der Waals surface area contributed by atoms with Crippen LogP contribution in [0.15, 0.2) is 48.5 Å². The van der Waals surface area contributed by atoms with E-state index in [0.717, 1.165) is 11.3 Å². The number of benzene rings is 2. The fourth-order valence-corrected chi connectivity index (χ4v) is 2.76. The highest BCUT2D eigenvalue weighted by Gasteiger charge is 2.56. The zero-order chi connectivity index (χ0) is 18.6. The number of carbonyl (C=O) groups is 2. The summed E-state index contributed by atoms with van der Waals surface area (Å²) in [6.45, 7) is 0.407. The molecule has 1 aliphatic carbocycles. The van der Waals surface area contributed by atoms with E-state index in [4.69, 9.17) is 4.74 Å². The monoisotopic (exact) mass is 356 g/mol. The number of nitrogens with one attached hydrogen (secondary N) is 2. The first-order valence-corrected chi connectivity index (χ1v) is 8.48. The number of halogens is 1. The van der Waals surface area contributed by atoms with Crippen LogP contribution >= 0.6 is 0 Å². The molecule has 2 amide bonds. The van der Waals surface area contributed by atoms with Crippen LogP contribution in [0.1, 0.15) is 24.0 Å². The summed E-state index contributed by atoms with van der Waals surface area (Å²) in [5.74, 6) is -0.278. The molecule has 6 heteroatoms. The molecule has 0 heterocycles. The van der Waals surface area contributed by atoms with Gasteiger partial charge in [-0.05, 0) is 36.6 Å². The molecule has 0 spiro atoms. The first kappa shape index (κ1) is 17.9. The van der Waals surface area contributed by atoms with Crippen molar-refractivity contribution in [2.24, 2.45) is 5.41 Å². The molecular formula is C20H21FN2O3. The van der Waals surface area contributed by atoms with Gasteiger partial charge in [0.2, 0.25) is 11.8 Å². The smallest absolute Gasteiger partial charge is 0.235 e. The molecular weight excluding hydrogens is 335 g/mol. The summed E-state index contributed by atoms with van der Waals surface area (Å²) in [6.07, 6.45) is 1.01. The van der Waals surface area contributed by atoms with Crippen molar-refractivity contribution in [1.29, 1.82) is 0 Å². The first-order chi connectivity index (χ1) is 12.5. The highest BCUT2D eigenvalue weighted by molar-refractivity contribution is 6.07. The van der Waals surface area contributed by atoms with Gasteiger partial charge in [-0.15, -0.1) is 0 Å². The molecule has 0 saturated heterocycles. The Morgan fingerprint density at radius 1 is 1.00 bits per heavy atom. The largest absolute Gasteiger partial charge is 0.497 e. The summed E-state index contributed by atoms with van der Waals surface area (Å²) >= 11 is 0. The van der Waals surface area contributed by atoms with Gasteiger partial charge in [-0.25, -0.2) is 4.39 Å². The second-order valence-electron chi connectivity index (χ2n) is 6.39. The normalized spacial score (nSPS) is 14.4. The van der Waals surface area contributed by atoms with Gasteiger partial charge in [0.05, 0.1) is 7.11 Å². The second kappa shape index (κ2) is 7.56. The molecule has 26 heavy (non-hydrogen) atoms. The summed E-state index contributed by atoms with van der Waals surface area (Å²) in [4.78, 5) is 24.9. The number of rotatable bonds is 7. The lowest BCUT2D eigenvalue weighted by Gasteiger charge is -2.16. The van der Waals surface area contributed by atoms with Gasteiger partial charge in [-0.1, -0.05) is 30.3 Å². The predicted octanol–water partition coefficient (Wildman–Crippen LogP) is 2.55. The van der Waals surface area contributed by atoms with Crippen molar-refractivity contribution < 1.29 is 18.7 Å². The van der Waals surface area contributed by atoms with Crippen LogP contribution in [0.2, 0.25) is 0 Å². The van der Waals surface area contributed by atoms with Crippen molar-refractivity contribution in [2.45, 2.75) is 25.9 Å². The fraction of sp³-hybridized carbons (Fsp3) is 0.300. The number of ether oxygens (including phenoxy) is 1. The molecule has 1 fully saturated rings. The lowest BCUT2D eigenvalue weighted by molar-refractivity contribution is -0.137. The summed E-state index contributed by atoms with van der Waals surface area (Å²) in [5, 5.41) is 5.50. The van der Waals surface area contributed by atoms with Crippen LogP contribution in [0, 0.1) is 11.2 Å². The van der Waals surface area contributed by atoms with Gasteiger partial charge in [0, 0.05) is 18.7 Å². The molecule has 0 aromatic heterocycles. The van der Waals surface area contributed by atoms with Gasteiger partial charge in [-0.2, -0.15) is 0 Å². The Balaban J connectivity index is 1.54. The minimum atomic E-state index is -1.03. The Hall–Kier alpha value is -2.89. The van der Waals surface area contributed by atoms with Gasteiger partial charge in [0.1, 0.15) is 17.0 Å². The Kier molecular flexibility index (Phi) is 5.21. The molecule has 1 saturated carbocycles. The number of hydrogen-bond acceptors (Lipinski definition) is 3. The molecule has 5 nitrogen and oxygen atoms in total. The Morgan fingerprint density at radius 3 is 2.19 bits per heavy atom. The molecule has 2 aromatic carbocycles. The Morgan fingerprint density at radius 2 is 1.62 bits per heavy atom. The maximum Gasteiger partial charge on any atom is 0.235 e. The zero-order valence-corrected chi connectivity index (χ0v) is 14.5. The molecule has 0 atom stereocenters. The zero-order valence-electron chi connectivity index (χ0n) is 14.5. The van der Waals surface area contributed by atoms with Crippen LogP contribution in [0.4, 0.5) is 4.39 Å². The van der Waals surface area contributed by atoms with Crippen LogP contribution in [0.5, 0.6) is 5.75 Å². The van der Waals surface area contributed by atoms with E-state index in [1.54, 1.807) is 25.3 Å². The van der Waals surface area contributed by atoms with Crippen molar-refractivity contribution >= 4 is 11.8 Å². The van der Waals surface area contributed by atoms with Crippen molar-refractivity contribution in [3.63, 3.8) is 0 Å². The fourth-order valence-electron chi connectivity index (χ4n) is 2.76. The summed E-state index contributed by atoms with van der Waals surface area (Å²) < 4.78 is 18.7. The highest BCUT2D eigenvalue weighted by atomic mass is 19.1. The molecule has 136 valence electrons. The van der Waals surface area contributed by atoms with E-state index >= 15 is 0 Å². The first-order valence-electron chi connectivity index (χ1n) is 8.48. The molecule has 0 bridgehead atoms. The number of carbonyl (C=O) groups excluding carboxylic acids is 2. The lowest BCUT2D eigenvalue weighted by atomic mass is 10.0. The van der Waals surface area contributed by atoms with Crippen LogP contribution in [0.25, 0.3) is 0 Å². The molecule has 1 aliphatic rings. The lowest BCUT2D eigenvalue weighted by Crippen LogP contribution is -2.42. The van der Waals surface area contributed by atoms with Gasteiger partial charge in [-0.3, -0.25) is 9.59 Å². The summed E-state index contributed by atoms with van der Waals surface area (Å²) in [5.41, 5.74) is 0.287. The van der Waals surface area contributed by atoms with Crippen molar-refractivity contribution in [3.05, 3.63) is 65.5 Å². The van der Waals surface area contributed by atoms with Gasteiger partial charge in [0.15, 0.2) is 0 Å². The molecule has 0 aliphatic heterocycles. The number of hydrogen-bond donors (Lipinski definition) is 2. The number of methoxy groups -OCH3 is 1. The van der Waals surface area contributed by atoms with Gasteiger partial charge in [0.25, 0.3) is 0 Å². The van der Waals surface area contributed by atoms with Crippen molar-refractivity contribution in [3.8, 4) is 5.75 Å². The average molecular weight is 356 g/mol.